The van der Waals surface area contributed by atoms with Crippen molar-refractivity contribution in [2.45, 2.75) is 6.92 Å². The Kier molecular flexibility index (Phi) is 2.84. The minimum absolute atomic E-state index is 0.216. The predicted molar refractivity (Wildman–Crippen MR) is 77.5 cm³/mol. The number of para-hydroxylation sites is 2. The number of halogens is 1. The van der Waals surface area contributed by atoms with Crippen LogP contribution in [0.1, 0.15) is 11.1 Å². The van der Waals surface area contributed by atoms with Crippen molar-refractivity contribution >= 4 is 34.6 Å². The molecule has 0 saturated carbocycles. The van der Waals surface area contributed by atoms with Gasteiger partial charge in [-0.25, -0.2) is 4.99 Å². The largest absolute Gasteiger partial charge is 0.319 e. The van der Waals surface area contributed by atoms with Gasteiger partial charge in [0, 0.05) is 5.56 Å². The normalized spacial score (nSPS) is 15.5. The van der Waals surface area contributed by atoms with Crippen molar-refractivity contribution in [3.05, 3.63) is 58.6 Å². The molecule has 1 N–H and O–H groups in total. The molecule has 3 nitrogen and oxygen atoms in total. The van der Waals surface area contributed by atoms with Gasteiger partial charge in [0.15, 0.2) is 0 Å². The molecule has 1 amide bonds. The zero-order valence-corrected chi connectivity index (χ0v) is 11.0. The van der Waals surface area contributed by atoms with Crippen molar-refractivity contribution in [2.75, 3.05) is 5.32 Å². The third kappa shape index (κ3) is 2.02. The lowest BCUT2D eigenvalue weighted by atomic mass is 10.1. The van der Waals surface area contributed by atoms with E-state index in [4.69, 9.17) is 11.6 Å². The van der Waals surface area contributed by atoms with Crippen LogP contribution in [0.25, 0.3) is 0 Å². The van der Waals surface area contributed by atoms with Gasteiger partial charge >= 0.3 is 0 Å². The molecule has 0 atom stereocenters. The molecular formula is C15H11ClN2O. The molecule has 1 heterocycles. The summed E-state index contributed by atoms with van der Waals surface area (Å²) in [5.41, 5.74) is 3.62. The average Bonchev–Trinajstić information content (AvgIpc) is 2.71. The number of rotatable bonds is 1. The van der Waals surface area contributed by atoms with Crippen LogP contribution in [0.4, 0.5) is 11.4 Å². The summed E-state index contributed by atoms with van der Waals surface area (Å²) >= 11 is 6.06. The third-order valence-corrected chi connectivity index (χ3v) is 3.39. The second kappa shape index (κ2) is 4.52. The molecule has 0 aliphatic carbocycles. The van der Waals surface area contributed by atoms with Crippen LogP contribution in [0, 0.1) is 6.92 Å². The summed E-state index contributed by atoms with van der Waals surface area (Å²) in [7, 11) is 0. The van der Waals surface area contributed by atoms with E-state index in [1.807, 2.05) is 43.3 Å². The fraction of sp³-hybridized carbons (Fsp3) is 0.0667. The molecule has 94 valence electrons. The van der Waals surface area contributed by atoms with E-state index in [1.54, 1.807) is 6.07 Å². The summed E-state index contributed by atoms with van der Waals surface area (Å²) in [5.74, 6) is -0.216. The fourth-order valence-corrected chi connectivity index (χ4v) is 2.29. The van der Waals surface area contributed by atoms with Crippen molar-refractivity contribution in [1.82, 2.24) is 0 Å². The molecule has 0 radical (unpaired) electrons. The molecule has 4 heteroatoms. The first-order valence-corrected chi connectivity index (χ1v) is 6.29. The highest BCUT2D eigenvalue weighted by Crippen LogP contribution is 2.32. The van der Waals surface area contributed by atoms with E-state index in [0.29, 0.717) is 16.4 Å². The second-order valence-corrected chi connectivity index (χ2v) is 4.77. The Labute approximate surface area is 115 Å². The van der Waals surface area contributed by atoms with Gasteiger partial charge in [-0.15, -0.1) is 0 Å². The van der Waals surface area contributed by atoms with Gasteiger partial charge in [-0.2, -0.15) is 0 Å². The first-order valence-electron chi connectivity index (χ1n) is 5.91. The summed E-state index contributed by atoms with van der Waals surface area (Å²) < 4.78 is 0. The van der Waals surface area contributed by atoms with Gasteiger partial charge in [0.1, 0.15) is 5.71 Å². The molecule has 0 aromatic heterocycles. The fourth-order valence-electron chi connectivity index (χ4n) is 2.06. The first kappa shape index (κ1) is 11.9. The van der Waals surface area contributed by atoms with Crippen molar-refractivity contribution in [3.8, 4) is 0 Å². The number of carbonyl (C=O) groups is 1. The zero-order valence-electron chi connectivity index (χ0n) is 10.3. The number of aliphatic imine (C=N–C) groups is 1. The van der Waals surface area contributed by atoms with Gasteiger partial charge in [-0.3, -0.25) is 4.79 Å². The molecule has 3 rings (SSSR count). The highest BCUT2D eigenvalue weighted by atomic mass is 35.5. The van der Waals surface area contributed by atoms with E-state index in [1.165, 1.54) is 0 Å². The lowest BCUT2D eigenvalue weighted by molar-refractivity contribution is -0.110. The topological polar surface area (TPSA) is 41.5 Å². The Balaban J connectivity index is 2.15. The molecule has 2 aromatic carbocycles. The number of fused-ring (bicyclic) bond motifs is 1. The van der Waals surface area contributed by atoms with E-state index in [9.17, 15) is 4.79 Å². The maximum absolute atomic E-state index is 12.0. The van der Waals surface area contributed by atoms with E-state index in [2.05, 4.69) is 10.3 Å². The number of anilines is 1. The maximum Gasteiger partial charge on any atom is 0.275 e. The van der Waals surface area contributed by atoms with Crippen molar-refractivity contribution in [2.24, 2.45) is 4.99 Å². The molecule has 1 aliphatic heterocycles. The summed E-state index contributed by atoms with van der Waals surface area (Å²) in [6, 6.07) is 13.1. The van der Waals surface area contributed by atoms with E-state index >= 15 is 0 Å². The Morgan fingerprint density at radius 2 is 1.89 bits per heavy atom. The Morgan fingerprint density at radius 3 is 2.68 bits per heavy atom. The minimum atomic E-state index is -0.216. The molecule has 19 heavy (non-hydrogen) atoms. The lowest BCUT2D eigenvalue weighted by Crippen LogP contribution is -2.14. The molecule has 2 aromatic rings. The Bertz CT molecular complexity index is 707. The van der Waals surface area contributed by atoms with Crippen LogP contribution >= 0.6 is 11.6 Å². The maximum atomic E-state index is 12.0. The van der Waals surface area contributed by atoms with Gasteiger partial charge in [-0.1, -0.05) is 41.9 Å². The van der Waals surface area contributed by atoms with Crippen LogP contribution in [-0.2, 0) is 4.79 Å². The first-order chi connectivity index (χ1) is 9.16. The van der Waals surface area contributed by atoms with Crippen molar-refractivity contribution in [3.63, 3.8) is 0 Å². The third-order valence-electron chi connectivity index (χ3n) is 3.07. The predicted octanol–water partition coefficient (Wildman–Crippen LogP) is 3.72. The molecule has 0 bridgehead atoms. The van der Waals surface area contributed by atoms with Crippen LogP contribution in [0.5, 0.6) is 0 Å². The summed E-state index contributed by atoms with van der Waals surface area (Å²) in [5, 5.41) is 3.28. The number of nitrogens with one attached hydrogen (secondary N) is 1. The molecule has 0 fully saturated rings. The van der Waals surface area contributed by atoms with Crippen molar-refractivity contribution in [1.29, 1.82) is 0 Å². The van der Waals surface area contributed by atoms with E-state index in [-0.39, 0.29) is 5.91 Å². The van der Waals surface area contributed by atoms with Crippen molar-refractivity contribution < 1.29 is 4.79 Å². The molecule has 1 aliphatic rings. The SMILES string of the molecule is Cc1ccccc1N=C1C(=O)Nc2c(Cl)cccc21. The molecular weight excluding hydrogens is 260 g/mol. The highest BCUT2D eigenvalue weighted by molar-refractivity contribution is 6.55. The number of hydrogen-bond acceptors (Lipinski definition) is 2. The summed E-state index contributed by atoms with van der Waals surface area (Å²) in [6.07, 6.45) is 0. The monoisotopic (exact) mass is 270 g/mol. The summed E-state index contributed by atoms with van der Waals surface area (Å²) in [4.78, 5) is 16.5. The Morgan fingerprint density at radius 1 is 1.11 bits per heavy atom. The van der Waals surface area contributed by atoms with Gasteiger partial charge in [0.05, 0.1) is 16.4 Å². The molecule has 0 saturated heterocycles. The van der Waals surface area contributed by atoms with E-state index in [0.717, 1.165) is 16.8 Å². The average molecular weight is 271 g/mol. The minimum Gasteiger partial charge on any atom is -0.319 e. The van der Waals surface area contributed by atoms with Gasteiger partial charge in [0.2, 0.25) is 0 Å². The molecule has 0 unspecified atom stereocenters. The molecule has 0 spiro atoms. The number of amides is 1. The van der Waals surface area contributed by atoms with Crippen LogP contribution in [-0.4, -0.2) is 11.6 Å². The van der Waals surface area contributed by atoms with Crippen LogP contribution in [0.15, 0.2) is 47.5 Å². The number of carbonyl (C=O) groups excluding carboxylic acids is 1. The quantitative estimate of drug-likeness (QED) is 0.843. The Hall–Kier alpha value is -2.13. The van der Waals surface area contributed by atoms with Crippen LogP contribution < -0.4 is 5.32 Å². The highest BCUT2D eigenvalue weighted by Gasteiger charge is 2.27. The number of hydrogen-bond donors (Lipinski definition) is 1. The standard InChI is InChI=1S/C15H11ClN2O/c1-9-5-2-3-8-12(9)17-14-10-6-4-7-11(16)13(10)18-15(14)19/h2-8H,1H3,(H,17,18,19). The van der Waals surface area contributed by atoms with Gasteiger partial charge in [0.25, 0.3) is 5.91 Å². The van der Waals surface area contributed by atoms with Crippen LogP contribution in [0.2, 0.25) is 5.02 Å². The van der Waals surface area contributed by atoms with Crippen LogP contribution in [0.3, 0.4) is 0 Å². The summed E-state index contributed by atoms with van der Waals surface area (Å²) in [6.45, 7) is 1.96. The second-order valence-electron chi connectivity index (χ2n) is 4.36. The van der Waals surface area contributed by atoms with Gasteiger partial charge < -0.3 is 5.32 Å². The van der Waals surface area contributed by atoms with E-state index < -0.39 is 0 Å². The number of benzene rings is 2. The number of nitrogens with zero attached hydrogens (tertiary/aromatic N) is 1. The lowest BCUT2D eigenvalue weighted by Gasteiger charge is -2.01. The van der Waals surface area contributed by atoms with Gasteiger partial charge in [-0.05, 0) is 24.6 Å². The smallest absolute Gasteiger partial charge is 0.275 e. The number of aryl methyl sites for hydroxylation is 1. The zero-order chi connectivity index (χ0) is 13.4.